The van der Waals surface area contributed by atoms with E-state index < -0.39 is 27.4 Å². The summed E-state index contributed by atoms with van der Waals surface area (Å²) in [5.74, 6) is -2.29. The fourth-order valence-corrected chi connectivity index (χ4v) is 9.82. The van der Waals surface area contributed by atoms with Crippen LogP contribution >= 0.6 is 11.6 Å². The molecule has 3 heterocycles. The molecule has 1 saturated carbocycles. The van der Waals surface area contributed by atoms with Crippen molar-refractivity contribution in [2.45, 2.75) is 80.2 Å². The number of amides is 1. The highest BCUT2D eigenvalue weighted by Gasteiger charge is 2.45. The van der Waals surface area contributed by atoms with E-state index in [0.29, 0.717) is 62.4 Å². The first kappa shape index (κ1) is 36.6. The molecule has 0 aromatic heterocycles. The lowest BCUT2D eigenvalue weighted by atomic mass is 9.68. The number of carbonyl (C=O) groups excluding carboxylic acids is 1. The number of sulfonamides is 1. The molecule has 1 spiro atoms. The van der Waals surface area contributed by atoms with E-state index in [1.165, 1.54) is 17.2 Å². The number of alkyl halides is 2. The zero-order valence-electron chi connectivity index (χ0n) is 29.7. The zero-order valence-corrected chi connectivity index (χ0v) is 31.2. The van der Waals surface area contributed by atoms with Crippen LogP contribution in [0.3, 0.4) is 0 Å². The number of nitrogens with one attached hydrogen (secondary N) is 1. The second kappa shape index (κ2) is 13.9. The summed E-state index contributed by atoms with van der Waals surface area (Å²) in [5.41, 5.74) is 1.61. The van der Waals surface area contributed by atoms with Crippen LogP contribution in [0.5, 0.6) is 5.75 Å². The number of halogens is 3. The number of ether oxygens (including phenoxy) is 2. The number of fused-ring (bicyclic) bond motifs is 4. The van der Waals surface area contributed by atoms with Crippen LogP contribution in [-0.2, 0) is 31.4 Å². The molecule has 0 radical (unpaired) electrons. The van der Waals surface area contributed by atoms with Crippen molar-refractivity contribution in [3.05, 3.63) is 64.7 Å². The Morgan fingerprint density at radius 1 is 1.10 bits per heavy atom. The fraction of sp³-hybridized carbons (Fsp3) is 0.605. The van der Waals surface area contributed by atoms with Crippen LogP contribution in [0.4, 0.5) is 14.5 Å². The van der Waals surface area contributed by atoms with Gasteiger partial charge in [-0.1, -0.05) is 29.8 Å². The van der Waals surface area contributed by atoms with Gasteiger partial charge in [-0.3, -0.25) is 14.6 Å². The molecule has 3 aliphatic heterocycles. The van der Waals surface area contributed by atoms with Crippen molar-refractivity contribution in [2.24, 2.45) is 11.8 Å². The van der Waals surface area contributed by atoms with Crippen LogP contribution in [0.1, 0.15) is 57.1 Å². The smallest absolute Gasteiger partial charge is 0.264 e. The number of rotatable bonds is 4. The van der Waals surface area contributed by atoms with Crippen molar-refractivity contribution < 1.29 is 31.5 Å². The molecule has 278 valence electrons. The molecule has 13 heteroatoms. The molecular weight excluding hydrogens is 698 g/mol. The Balaban J connectivity index is 1.24. The maximum Gasteiger partial charge on any atom is 0.264 e. The van der Waals surface area contributed by atoms with Gasteiger partial charge in [0.05, 0.1) is 42.0 Å². The van der Waals surface area contributed by atoms with Gasteiger partial charge in [0.25, 0.3) is 21.9 Å². The second-order valence-electron chi connectivity index (χ2n) is 15.8. The highest BCUT2D eigenvalue weighted by Crippen LogP contribution is 2.47. The molecular formula is C38H49ClF2N4O5S. The second-order valence-corrected chi connectivity index (χ2v) is 17.9. The highest BCUT2D eigenvalue weighted by molar-refractivity contribution is 7.90. The van der Waals surface area contributed by atoms with Crippen molar-refractivity contribution in [2.75, 3.05) is 64.4 Å². The minimum absolute atomic E-state index is 0.000668. The quantitative estimate of drug-likeness (QED) is 0.402. The molecule has 1 saturated heterocycles. The monoisotopic (exact) mass is 746 g/mol. The SMILES string of the molecule is CN1CC=C[C@H](OCCN2CCC(F)(F)C2)[C@@H]2CC[C@H]2CN2C[C@@]3(CCCc4cc(Cl)ccc43)COc3ccc(cc32)S(=O)(=O)NC(=O)C1(C)C. The van der Waals surface area contributed by atoms with E-state index in [-0.39, 0.29) is 41.2 Å². The zero-order chi connectivity index (χ0) is 36.2. The Bertz CT molecular complexity index is 1790. The largest absolute Gasteiger partial charge is 0.490 e. The van der Waals surface area contributed by atoms with Crippen molar-refractivity contribution in [3.63, 3.8) is 0 Å². The third-order valence-corrected chi connectivity index (χ3v) is 13.6. The van der Waals surface area contributed by atoms with Crippen molar-refractivity contribution in [1.29, 1.82) is 0 Å². The van der Waals surface area contributed by atoms with Gasteiger partial charge in [0, 0.05) is 49.6 Å². The molecule has 1 N–H and O–H groups in total. The van der Waals surface area contributed by atoms with Gasteiger partial charge in [-0.2, -0.15) is 0 Å². The Morgan fingerprint density at radius 3 is 2.67 bits per heavy atom. The van der Waals surface area contributed by atoms with Crippen LogP contribution in [-0.4, -0.2) is 101 Å². The molecule has 5 aliphatic rings. The first-order valence-corrected chi connectivity index (χ1v) is 20.0. The Morgan fingerprint density at radius 2 is 1.92 bits per heavy atom. The molecule has 2 bridgehead atoms. The fourth-order valence-electron chi connectivity index (χ4n) is 8.50. The summed E-state index contributed by atoms with van der Waals surface area (Å²) < 4.78 is 70.8. The van der Waals surface area contributed by atoms with E-state index in [4.69, 9.17) is 21.1 Å². The minimum atomic E-state index is -4.21. The summed E-state index contributed by atoms with van der Waals surface area (Å²) in [6.45, 7) is 6.36. The number of likely N-dealkylation sites (N-methyl/N-ethyl adjacent to an activating group) is 1. The van der Waals surface area contributed by atoms with Gasteiger partial charge in [-0.25, -0.2) is 21.9 Å². The summed E-state index contributed by atoms with van der Waals surface area (Å²) in [6, 6.07) is 11.0. The summed E-state index contributed by atoms with van der Waals surface area (Å²) in [4.78, 5) is 19.4. The van der Waals surface area contributed by atoms with E-state index in [0.717, 1.165) is 32.1 Å². The van der Waals surface area contributed by atoms with Gasteiger partial charge in [-0.15, -0.1) is 0 Å². The normalized spacial score (nSPS) is 30.4. The predicted octanol–water partition coefficient (Wildman–Crippen LogP) is 5.65. The minimum Gasteiger partial charge on any atom is -0.490 e. The average Bonchev–Trinajstić information content (AvgIpc) is 3.33. The van der Waals surface area contributed by atoms with Gasteiger partial charge in [0.2, 0.25) is 0 Å². The lowest BCUT2D eigenvalue weighted by Gasteiger charge is -2.46. The third-order valence-electron chi connectivity index (χ3n) is 12.1. The highest BCUT2D eigenvalue weighted by atomic mass is 35.5. The molecule has 2 aliphatic carbocycles. The standard InChI is InChI=1S/C38H49ClF2N4O5S/c1-36(2)35(46)42-51(47,48)29-10-13-34-32(21-29)45(23-37(25-50-34)14-4-6-26-20-28(39)9-12-31(26)37)22-27-8-11-30(27)33(7-5-16-43(36)3)49-19-18-44-17-15-38(40,41)24-44/h5,7,9-10,12-13,20-21,27,30,33H,4,6,8,11,14-19,22-25H2,1-3H3,(H,42,46)/t27-,30+,33-,37-/m0/s1. The summed E-state index contributed by atoms with van der Waals surface area (Å²) in [5, 5.41) is 0.703. The average molecular weight is 747 g/mol. The van der Waals surface area contributed by atoms with Gasteiger partial charge < -0.3 is 14.4 Å². The van der Waals surface area contributed by atoms with E-state index in [2.05, 4.69) is 21.8 Å². The Kier molecular flexibility index (Phi) is 9.97. The van der Waals surface area contributed by atoms with E-state index >= 15 is 0 Å². The number of aryl methyl sites for hydroxylation is 1. The molecule has 51 heavy (non-hydrogen) atoms. The van der Waals surface area contributed by atoms with Crippen LogP contribution < -0.4 is 14.4 Å². The van der Waals surface area contributed by atoms with Gasteiger partial charge >= 0.3 is 0 Å². The van der Waals surface area contributed by atoms with E-state index in [9.17, 15) is 22.0 Å². The first-order chi connectivity index (χ1) is 24.2. The number of likely N-dealkylation sites (tertiary alicyclic amines) is 1. The number of hydrogen-bond donors (Lipinski definition) is 1. The van der Waals surface area contributed by atoms with Crippen LogP contribution in [0.2, 0.25) is 5.02 Å². The molecule has 2 aromatic carbocycles. The molecule has 0 unspecified atom stereocenters. The molecule has 7 rings (SSSR count). The number of nitrogens with zero attached hydrogens (tertiary/aromatic N) is 3. The van der Waals surface area contributed by atoms with E-state index in [1.807, 2.05) is 18.2 Å². The van der Waals surface area contributed by atoms with E-state index in [1.54, 1.807) is 42.8 Å². The Hall–Kier alpha value is -2.77. The number of hydrogen-bond acceptors (Lipinski definition) is 8. The summed E-state index contributed by atoms with van der Waals surface area (Å²) in [6.07, 6.45) is 8.39. The summed E-state index contributed by atoms with van der Waals surface area (Å²) in [7, 11) is -2.43. The third kappa shape index (κ3) is 7.40. The predicted molar refractivity (Wildman–Crippen MR) is 193 cm³/mol. The van der Waals surface area contributed by atoms with Crippen molar-refractivity contribution in [1.82, 2.24) is 14.5 Å². The molecule has 4 atom stereocenters. The first-order valence-electron chi connectivity index (χ1n) is 18.1. The van der Waals surface area contributed by atoms with Crippen LogP contribution in [0, 0.1) is 11.8 Å². The number of carbonyl (C=O) groups is 1. The van der Waals surface area contributed by atoms with Crippen molar-refractivity contribution >= 4 is 33.2 Å². The Labute approximate surface area is 305 Å². The van der Waals surface area contributed by atoms with Gasteiger partial charge in [0.1, 0.15) is 5.75 Å². The number of benzene rings is 2. The lowest BCUT2D eigenvalue weighted by molar-refractivity contribution is -0.128. The van der Waals surface area contributed by atoms with Crippen LogP contribution in [0.25, 0.3) is 0 Å². The molecule has 2 fully saturated rings. The van der Waals surface area contributed by atoms with Crippen LogP contribution in [0.15, 0.2) is 53.4 Å². The summed E-state index contributed by atoms with van der Waals surface area (Å²) >= 11 is 6.44. The maximum atomic E-state index is 13.9. The lowest BCUT2D eigenvalue weighted by Crippen LogP contribution is -2.54. The molecule has 1 amide bonds. The number of anilines is 1. The van der Waals surface area contributed by atoms with Crippen molar-refractivity contribution in [3.8, 4) is 5.75 Å². The topological polar surface area (TPSA) is 91.4 Å². The van der Waals surface area contributed by atoms with Gasteiger partial charge in [-0.05, 0) is 106 Å². The molecule has 9 nitrogen and oxygen atoms in total. The van der Waals surface area contributed by atoms with Gasteiger partial charge in [0.15, 0.2) is 0 Å². The maximum absolute atomic E-state index is 13.9. The molecule has 2 aromatic rings.